The van der Waals surface area contributed by atoms with Crippen LogP contribution in [0.4, 0.5) is 9.18 Å². The van der Waals surface area contributed by atoms with Crippen molar-refractivity contribution in [2.45, 2.75) is 13.0 Å². The van der Waals surface area contributed by atoms with Crippen molar-refractivity contribution in [1.29, 1.82) is 0 Å². The van der Waals surface area contributed by atoms with E-state index in [1.807, 2.05) is 0 Å². The minimum atomic E-state index is -0.758. The van der Waals surface area contributed by atoms with Gasteiger partial charge >= 0.3 is 12.0 Å². The molecule has 2 rings (SSSR count). The van der Waals surface area contributed by atoms with E-state index < -0.39 is 23.9 Å². The number of amides is 2. The Balaban J connectivity index is 2.40. The highest BCUT2D eigenvalue weighted by atomic mass is 19.1. The number of allylic oxidation sites excluding steroid dienone is 1. The molecule has 1 heterocycles. The van der Waals surface area contributed by atoms with Crippen LogP contribution in [0.5, 0.6) is 0 Å². The lowest BCUT2D eigenvalue weighted by molar-refractivity contribution is -0.138. The Morgan fingerprint density at radius 2 is 2.29 bits per heavy atom. The molecule has 110 valence electrons. The van der Waals surface area contributed by atoms with Crippen LogP contribution in [-0.4, -0.2) is 18.6 Å². The highest BCUT2D eigenvalue weighted by Crippen LogP contribution is 2.27. The summed E-state index contributed by atoms with van der Waals surface area (Å²) >= 11 is 0. The van der Waals surface area contributed by atoms with E-state index in [9.17, 15) is 14.0 Å². The van der Waals surface area contributed by atoms with Crippen molar-refractivity contribution >= 4 is 12.0 Å². The summed E-state index contributed by atoms with van der Waals surface area (Å²) in [6, 6.07) is 4.49. The number of hydrogen-bond donors (Lipinski definition) is 2. The third kappa shape index (κ3) is 3.28. The second-order valence-electron chi connectivity index (χ2n) is 4.51. The van der Waals surface area contributed by atoms with Crippen LogP contribution in [0.2, 0.25) is 0 Å². The second-order valence-corrected chi connectivity index (χ2v) is 4.51. The molecule has 1 aliphatic rings. The first-order valence-electron chi connectivity index (χ1n) is 6.34. The fraction of sp³-hybridized carbons (Fsp3) is 0.200. The number of nitrogens with one attached hydrogen (secondary N) is 2. The van der Waals surface area contributed by atoms with Gasteiger partial charge in [-0.3, -0.25) is 0 Å². The molecule has 0 aromatic heterocycles. The van der Waals surface area contributed by atoms with E-state index in [1.165, 1.54) is 24.3 Å². The summed E-state index contributed by atoms with van der Waals surface area (Å²) in [6.45, 7) is 5.12. The molecule has 0 saturated carbocycles. The molecular weight excluding hydrogens is 275 g/mol. The summed E-state index contributed by atoms with van der Waals surface area (Å²) in [5.41, 5.74) is 1.08. The number of halogens is 1. The molecule has 1 aromatic carbocycles. The van der Waals surface area contributed by atoms with Gasteiger partial charge in [0.05, 0.1) is 11.6 Å². The molecule has 0 saturated heterocycles. The van der Waals surface area contributed by atoms with Gasteiger partial charge in [0, 0.05) is 5.70 Å². The number of benzene rings is 1. The quantitative estimate of drug-likeness (QED) is 0.660. The van der Waals surface area contributed by atoms with Gasteiger partial charge in [0.15, 0.2) is 0 Å². The molecule has 1 atom stereocenters. The van der Waals surface area contributed by atoms with Crippen LogP contribution in [-0.2, 0) is 9.53 Å². The number of urea groups is 1. The Hall–Kier alpha value is -2.63. The molecule has 1 aliphatic heterocycles. The zero-order valence-corrected chi connectivity index (χ0v) is 11.5. The highest BCUT2D eigenvalue weighted by molar-refractivity contribution is 5.95. The Bertz CT molecular complexity index is 625. The van der Waals surface area contributed by atoms with Crippen LogP contribution in [0.3, 0.4) is 0 Å². The predicted octanol–water partition coefficient (Wildman–Crippen LogP) is 2.18. The van der Waals surface area contributed by atoms with Crippen molar-refractivity contribution < 1.29 is 18.7 Å². The molecule has 0 bridgehead atoms. The van der Waals surface area contributed by atoms with Crippen LogP contribution in [0.25, 0.3) is 0 Å². The second kappa shape index (κ2) is 6.21. The molecule has 0 aliphatic carbocycles. The summed E-state index contributed by atoms with van der Waals surface area (Å²) in [5.74, 6) is -1.04. The van der Waals surface area contributed by atoms with E-state index in [4.69, 9.17) is 4.74 Å². The largest absolute Gasteiger partial charge is 0.458 e. The van der Waals surface area contributed by atoms with Crippen LogP contribution in [0, 0.1) is 5.82 Å². The predicted molar refractivity (Wildman–Crippen MR) is 74.7 cm³/mol. The molecule has 21 heavy (non-hydrogen) atoms. The molecule has 2 N–H and O–H groups in total. The number of hydrogen-bond acceptors (Lipinski definition) is 3. The zero-order valence-electron chi connectivity index (χ0n) is 11.5. The van der Waals surface area contributed by atoms with Gasteiger partial charge < -0.3 is 15.4 Å². The van der Waals surface area contributed by atoms with Gasteiger partial charge in [0.25, 0.3) is 0 Å². The smallest absolute Gasteiger partial charge is 0.338 e. The molecular formula is C15H15FN2O3. The van der Waals surface area contributed by atoms with Gasteiger partial charge in [0.1, 0.15) is 12.4 Å². The van der Waals surface area contributed by atoms with Crippen molar-refractivity contribution in [3.63, 3.8) is 0 Å². The molecule has 0 radical (unpaired) electrons. The summed E-state index contributed by atoms with van der Waals surface area (Å²) < 4.78 is 18.4. The van der Waals surface area contributed by atoms with Crippen molar-refractivity contribution in [2.24, 2.45) is 0 Å². The van der Waals surface area contributed by atoms with E-state index >= 15 is 0 Å². The normalized spacial score (nSPS) is 17.8. The first-order chi connectivity index (χ1) is 10.0. The summed E-state index contributed by atoms with van der Waals surface area (Å²) in [5, 5.41) is 5.11. The molecule has 5 nitrogen and oxygen atoms in total. The SMILES string of the molecule is C=CCOC(=O)C1=C(C)NC(=O)N[C@H]1c1cccc(F)c1. The van der Waals surface area contributed by atoms with Crippen LogP contribution in [0.15, 0.2) is 48.2 Å². The van der Waals surface area contributed by atoms with Gasteiger partial charge in [-0.05, 0) is 24.6 Å². The highest BCUT2D eigenvalue weighted by Gasteiger charge is 2.32. The van der Waals surface area contributed by atoms with Gasteiger partial charge in [-0.2, -0.15) is 0 Å². The van der Waals surface area contributed by atoms with Crippen molar-refractivity contribution in [2.75, 3.05) is 6.61 Å². The number of carbonyl (C=O) groups excluding carboxylic acids is 2. The number of carbonyl (C=O) groups is 2. The van der Waals surface area contributed by atoms with Crippen LogP contribution >= 0.6 is 0 Å². The lowest BCUT2D eigenvalue weighted by Gasteiger charge is -2.28. The van der Waals surface area contributed by atoms with Crippen molar-refractivity contribution in [3.05, 3.63) is 59.6 Å². The third-order valence-electron chi connectivity index (χ3n) is 3.00. The maximum atomic E-state index is 13.4. The first kappa shape index (κ1) is 14.8. The molecule has 6 heteroatoms. The molecule has 2 amide bonds. The third-order valence-corrected chi connectivity index (χ3v) is 3.00. The summed E-state index contributed by atoms with van der Waals surface area (Å²) in [4.78, 5) is 23.7. The topological polar surface area (TPSA) is 67.4 Å². The molecule has 1 aromatic rings. The Labute approximate surface area is 121 Å². The lowest BCUT2D eigenvalue weighted by Crippen LogP contribution is -2.45. The lowest BCUT2D eigenvalue weighted by atomic mass is 9.95. The minimum absolute atomic E-state index is 0.0550. The molecule has 0 unspecified atom stereocenters. The first-order valence-corrected chi connectivity index (χ1v) is 6.34. The van der Waals surface area contributed by atoms with Gasteiger partial charge in [-0.15, -0.1) is 0 Å². The maximum absolute atomic E-state index is 13.4. The number of esters is 1. The fourth-order valence-electron chi connectivity index (χ4n) is 2.11. The van der Waals surface area contributed by atoms with Crippen molar-refractivity contribution in [1.82, 2.24) is 10.6 Å². The van der Waals surface area contributed by atoms with E-state index in [2.05, 4.69) is 17.2 Å². The average molecular weight is 290 g/mol. The number of ether oxygens (including phenoxy) is 1. The van der Waals surface area contributed by atoms with Crippen LogP contribution < -0.4 is 10.6 Å². The Morgan fingerprint density at radius 3 is 2.95 bits per heavy atom. The van der Waals surface area contributed by atoms with Gasteiger partial charge in [-0.1, -0.05) is 24.8 Å². The number of rotatable bonds is 4. The average Bonchev–Trinajstić information content (AvgIpc) is 2.44. The molecule has 0 spiro atoms. The Morgan fingerprint density at radius 1 is 1.52 bits per heavy atom. The van der Waals surface area contributed by atoms with E-state index in [0.717, 1.165) is 0 Å². The van der Waals surface area contributed by atoms with E-state index in [-0.39, 0.29) is 12.2 Å². The Kier molecular flexibility index (Phi) is 4.37. The van der Waals surface area contributed by atoms with E-state index in [0.29, 0.717) is 11.3 Å². The van der Waals surface area contributed by atoms with E-state index in [1.54, 1.807) is 13.0 Å². The van der Waals surface area contributed by atoms with Gasteiger partial charge in [0.2, 0.25) is 0 Å². The summed E-state index contributed by atoms with van der Waals surface area (Å²) in [6.07, 6.45) is 1.44. The monoisotopic (exact) mass is 290 g/mol. The molecule has 0 fully saturated rings. The summed E-state index contributed by atoms with van der Waals surface area (Å²) in [7, 11) is 0. The minimum Gasteiger partial charge on any atom is -0.458 e. The van der Waals surface area contributed by atoms with Crippen molar-refractivity contribution in [3.8, 4) is 0 Å². The standard InChI is InChI=1S/C15H15FN2O3/c1-3-7-21-14(19)12-9(2)17-15(20)18-13(12)10-5-4-6-11(16)8-10/h3-6,8,13H,1,7H2,2H3,(H2,17,18,20)/t13-/m0/s1. The maximum Gasteiger partial charge on any atom is 0.338 e. The zero-order chi connectivity index (χ0) is 15.4. The van der Waals surface area contributed by atoms with Gasteiger partial charge in [-0.25, -0.2) is 14.0 Å². The fourth-order valence-corrected chi connectivity index (χ4v) is 2.11. The van der Waals surface area contributed by atoms with Crippen LogP contribution in [0.1, 0.15) is 18.5 Å².